The van der Waals surface area contributed by atoms with Crippen LogP contribution in [0.2, 0.25) is 0 Å². The van der Waals surface area contributed by atoms with Crippen molar-refractivity contribution in [3.8, 4) is 5.75 Å². The number of carbonyl (C=O) groups excluding carboxylic acids is 3. The van der Waals surface area contributed by atoms with E-state index < -0.39 is 17.9 Å². The number of thioether (sulfide) groups is 1. The second kappa shape index (κ2) is 9.73. The molecule has 0 aliphatic rings. The molecule has 1 rings (SSSR count). The highest BCUT2D eigenvalue weighted by Gasteiger charge is 2.21. The van der Waals surface area contributed by atoms with Gasteiger partial charge in [0, 0.05) is 5.56 Å². The van der Waals surface area contributed by atoms with Crippen LogP contribution in [0.4, 0.5) is 0 Å². The molecule has 0 unspecified atom stereocenters. The highest BCUT2D eigenvalue weighted by atomic mass is 32.2. The average Bonchev–Trinajstić information content (AvgIpc) is 2.56. The summed E-state index contributed by atoms with van der Waals surface area (Å²) in [5, 5.41) is 5.08. The number of nitrogens with two attached hydrogens (primary N) is 1. The third-order valence-electron chi connectivity index (χ3n) is 3.02. The molecule has 0 saturated heterocycles. The molecule has 0 aromatic heterocycles. The molecule has 3 amide bonds. The molecule has 126 valence electrons. The van der Waals surface area contributed by atoms with Crippen LogP contribution in [0.25, 0.3) is 0 Å². The average molecular weight is 339 g/mol. The Kier molecular flexibility index (Phi) is 7.96. The fourth-order valence-corrected chi connectivity index (χ4v) is 2.26. The zero-order chi connectivity index (χ0) is 17.2. The van der Waals surface area contributed by atoms with E-state index in [-0.39, 0.29) is 12.5 Å². The van der Waals surface area contributed by atoms with Gasteiger partial charge in [-0.25, -0.2) is 0 Å². The summed E-state index contributed by atoms with van der Waals surface area (Å²) in [5.41, 5.74) is 5.42. The lowest BCUT2D eigenvalue weighted by molar-refractivity contribution is -0.126. The Bertz CT molecular complexity index is 548. The van der Waals surface area contributed by atoms with Crippen LogP contribution in [0.1, 0.15) is 16.8 Å². The van der Waals surface area contributed by atoms with E-state index in [9.17, 15) is 14.4 Å². The quantitative estimate of drug-likeness (QED) is 0.593. The Morgan fingerprint density at radius 1 is 1.26 bits per heavy atom. The lowest BCUT2D eigenvalue weighted by Gasteiger charge is -2.18. The second-order valence-electron chi connectivity index (χ2n) is 4.72. The summed E-state index contributed by atoms with van der Waals surface area (Å²) in [6.07, 6.45) is 2.36. The normalized spacial score (nSPS) is 11.4. The van der Waals surface area contributed by atoms with Crippen LogP contribution < -0.4 is 21.1 Å². The van der Waals surface area contributed by atoms with E-state index in [0.717, 1.165) is 0 Å². The van der Waals surface area contributed by atoms with Gasteiger partial charge in [-0.15, -0.1) is 0 Å². The van der Waals surface area contributed by atoms with Gasteiger partial charge in [0.2, 0.25) is 11.8 Å². The van der Waals surface area contributed by atoms with Crippen molar-refractivity contribution in [3.63, 3.8) is 0 Å². The monoisotopic (exact) mass is 339 g/mol. The summed E-state index contributed by atoms with van der Waals surface area (Å²) in [4.78, 5) is 35.0. The molecule has 0 radical (unpaired) electrons. The van der Waals surface area contributed by atoms with E-state index in [1.165, 1.54) is 7.11 Å². The molecule has 0 aliphatic carbocycles. The number of hydrogen-bond donors (Lipinski definition) is 3. The molecule has 4 N–H and O–H groups in total. The first-order chi connectivity index (χ1) is 11.0. The first-order valence-corrected chi connectivity index (χ1v) is 8.37. The van der Waals surface area contributed by atoms with Gasteiger partial charge >= 0.3 is 0 Å². The molecule has 23 heavy (non-hydrogen) atoms. The van der Waals surface area contributed by atoms with E-state index in [4.69, 9.17) is 10.5 Å². The first-order valence-electron chi connectivity index (χ1n) is 6.97. The zero-order valence-electron chi connectivity index (χ0n) is 13.1. The molecule has 0 aliphatic heterocycles. The smallest absolute Gasteiger partial charge is 0.251 e. The van der Waals surface area contributed by atoms with Gasteiger partial charge in [-0.3, -0.25) is 14.4 Å². The van der Waals surface area contributed by atoms with Gasteiger partial charge in [0.15, 0.2) is 0 Å². The molecule has 0 saturated carbocycles. The molecule has 0 spiro atoms. The molecule has 0 fully saturated rings. The lowest BCUT2D eigenvalue weighted by atomic mass is 10.1. The van der Waals surface area contributed by atoms with Crippen molar-refractivity contribution in [2.75, 3.05) is 25.7 Å². The van der Waals surface area contributed by atoms with Crippen molar-refractivity contribution in [2.45, 2.75) is 12.5 Å². The fraction of sp³-hybridized carbons (Fsp3) is 0.400. The van der Waals surface area contributed by atoms with E-state index in [1.54, 1.807) is 36.0 Å². The largest absolute Gasteiger partial charge is 0.497 e. The second-order valence-corrected chi connectivity index (χ2v) is 5.71. The van der Waals surface area contributed by atoms with Crippen molar-refractivity contribution in [3.05, 3.63) is 29.8 Å². The topological polar surface area (TPSA) is 111 Å². The highest BCUT2D eigenvalue weighted by Crippen LogP contribution is 2.11. The Labute approximate surface area is 139 Å². The van der Waals surface area contributed by atoms with Gasteiger partial charge in [-0.2, -0.15) is 11.8 Å². The van der Waals surface area contributed by atoms with Gasteiger partial charge in [0.25, 0.3) is 5.91 Å². The summed E-state index contributed by atoms with van der Waals surface area (Å²) in [7, 11) is 1.54. The molecular formula is C15H21N3O4S. The minimum atomic E-state index is -0.726. The number of amides is 3. The molecule has 1 atom stereocenters. The first kappa shape index (κ1) is 18.8. The molecule has 8 heteroatoms. The minimum Gasteiger partial charge on any atom is -0.497 e. The van der Waals surface area contributed by atoms with Crippen LogP contribution in [0, 0.1) is 0 Å². The van der Waals surface area contributed by atoms with Gasteiger partial charge in [-0.1, -0.05) is 0 Å². The number of nitrogens with one attached hydrogen (secondary N) is 2. The maximum atomic E-state index is 12.2. The Morgan fingerprint density at radius 2 is 1.91 bits per heavy atom. The Hall–Kier alpha value is -2.22. The third-order valence-corrected chi connectivity index (χ3v) is 3.67. The molecule has 0 bridgehead atoms. The number of carbonyl (C=O) groups is 3. The summed E-state index contributed by atoms with van der Waals surface area (Å²) in [6.45, 7) is -0.257. The van der Waals surface area contributed by atoms with Gasteiger partial charge in [0.05, 0.1) is 13.7 Å². The third kappa shape index (κ3) is 6.60. The number of benzene rings is 1. The van der Waals surface area contributed by atoms with E-state index >= 15 is 0 Å². The Morgan fingerprint density at radius 3 is 2.43 bits per heavy atom. The van der Waals surface area contributed by atoms with Crippen molar-refractivity contribution in [1.82, 2.24) is 10.6 Å². The van der Waals surface area contributed by atoms with Crippen molar-refractivity contribution < 1.29 is 19.1 Å². The lowest BCUT2D eigenvalue weighted by Crippen LogP contribution is -2.48. The summed E-state index contributed by atoms with van der Waals surface area (Å²) < 4.78 is 5.03. The fourth-order valence-electron chi connectivity index (χ4n) is 1.79. The number of ether oxygens (including phenoxy) is 1. The summed E-state index contributed by atoms with van der Waals surface area (Å²) in [5.74, 6) is -0.104. The molecule has 1 aromatic carbocycles. The van der Waals surface area contributed by atoms with Crippen LogP contribution in [-0.4, -0.2) is 49.4 Å². The van der Waals surface area contributed by atoms with E-state index in [2.05, 4.69) is 10.6 Å². The zero-order valence-corrected chi connectivity index (χ0v) is 13.9. The predicted molar refractivity (Wildman–Crippen MR) is 89.5 cm³/mol. The van der Waals surface area contributed by atoms with E-state index in [1.807, 2.05) is 6.26 Å². The van der Waals surface area contributed by atoms with Gasteiger partial charge in [0.1, 0.15) is 11.8 Å². The maximum Gasteiger partial charge on any atom is 0.251 e. The van der Waals surface area contributed by atoms with Crippen molar-refractivity contribution >= 4 is 29.5 Å². The van der Waals surface area contributed by atoms with Crippen LogP contribution in [0.15, 0.2) is 24.3 Å². The van der Waals surface area contributed by atoms with Crippen LogP contribution in [0.3, 0.4) is 0 Å². The summed E-state index contributed by atoms with van der Waals surface area (Å²) >= 11 is 1.56. The molecular weight excluding hydrogens is 318 g/mol. The molecule has 7 nitrogen and oxygen atoms in total. The Balaban J connectivity index is 2.71. The number of rotatable bonds is 9. The standard InChI is InChI=1S/C15H21N3O4S/c1-22-11-5-3-10(4-6-11)14(20)18-12(7-8-23-2)15(21)17-9-13(16)19/h3-6,12H,7-9H2,1-2H3,(H2,16,19)(H,17,21)(H,18,20)/t12-/m0/s1. The van der Waals surface area contributed by atoms with Crippen molar-refractivity contribution in [2.24, 2.45) is 5.73 Å². The maximum absolute atomic E-state index is 12.2. The summed E-state index contributed by atoms with van der Waals surface area (Å²) in [6, 6.07) is 5.83. The molecule has 0 heterocycles. The number of methoxy groups -OCH3 is 1. The predicted octanol–water partition coefficient (Wildman–Crippen LogP) is 0.148. The highest BCUT2D eigenvalue weighted by molar-refractivity contribution is 7.98. The van der Waals surface area contributed by atoms with Gasteiger partial charge in [-0.05, 0) is 42.7 Å². The molecule has 1 aromatic rings. The van der Waals surface area contributed by atoms with Crippen LogP contribution >= 0.6 is 11.8 Å². The number of hydrogen-bond acceptors (Lipinski definition) is 5. The van der Waals surface area contributed by atoms with Crippen LogP contribution in [-0.2, 0) is 9.59 Å². The number of primary amides is 1. The van der Waals surface area contributed by atoms with E-state index in [0.29, 0.717) is 23.5 Å². The minimum absolute atomic E-state index is 0.257. The van der Waals surface area contributed by atoms with Gasteiger partial charge < -0.3 is 21.1 Å². The van der Waals surface area contributed by atoms with Crippen molar-refractivity contribution in [1.29, 1.82) is 0 Å². The van der Waals surface area contributed by atoms with Crippen LogP contribution in [0.5, 0.6) is 5.75 Å². The SMILES string of the molecule is COc1ccc(C(=O)N[C@@H](CCSC)C(=O)NCC(N)=O)cc1.